The number of carbonyl (C=O) groups excluding carboxylic acids is 2. The van der Waals surface area contributed by atoms with Crippen LogP contribution in [0.2, 0.25) is 0 Å². The number of amides is 3. The van der Waals surface area contributed by atoms with Crippen LogP contribution in [-0.2, 0) is 11.3 Å². The van der Waals surface area contributed by atoms with Gasteiger partial charge in [-0.2, -0.15) is 0 Å². The highest BCUT2D eigenvalue weighted by atomic mass is 16.6. The standard InChI is InChI=1S/C20H21N3O4/c1-26-17-8-6-15(7-9-17)21-19(24)22-11-10-16-13-27-20(25)23(16)18-5-3-2-4-14(18)12-22/h2-9,16H,10-13H2,1H3,(H,21,24). The molecule has 1 N–H and O–H groups in total. The zero-order valence-corrected chi connectivity index (χ0v) is 15.1. The fourth-order valence-electron chi connectivity index (χ4n) is 3.49. The van der Waals surface area contributed by atoms with Gasteiger partial charge in [0.2, 0.25) is 0 Å². The van der Waals surface area contributed by atoms with Gasteiger partial charge >= 0.3 is 12.1 Å². The maximum absolute atomic E-state index is 12.8. The minimum Gasteiger partial charge on any atom is -0.497 e. The van der Waals surface area contributed by atoms with Gasteiger partial charge in [0, 0.05) is 18.8 Å². The summed E-state index contributed by atoms with van der Waals surface area (Å²) in [5.41, 5.74) is 2.44. The smallest absolute Gasteiger partial charge is 0.414 e. The second kappa shape index (κ2) is 7.19. The lowest BCUT2D eigenvalue weighted by Gasteiger charge is -2.32. The number of benzene rings is 2. The molecule has 1 unspecified atom stereocenters. The SMILES string of the molecule is COc1ccc(NC(=O)N2CCC3COC(=O)N3c3ccccc3C2)cc1. The van der Waals surface area contributed by atoms with Crippen LogP contribution < -0.4 is 15.0 Å². The maximum atomic E-state index is 12.8. The van der Waals surface area contributed by atoms with Crippen molar-refractivity contribution in [3.8, 4) is 5.75 Å². The number of rotatable bonds is 2. The van der Waals surface area contributed by atoms with Crippen molar-refractivity contribution < 1.29 is 19.1 Å². The molecule has 7 heteroatoms. The van der Waals surface area contributed by atoms with Gasteiger partial charge in [-0.1, -0.05) is 18.2 Å². The molecule has 2 aliphatic rings. The van der Waals surface area contributed by atoms with Gasteiger partial charge < -0.3 is 19.7 Å². The summed E-state index contributed by atoms with van der Waals surface area (Å²) < 4.78 is 10.4. The summed E-state index contributed by atoms with van der Waals surface area (Å²) >= 11 is 0. The quantitative estimate of drug-likeness (QED) is 0.882. The highest BCUT2D eigenvalue weighted by molar-refractivity contribution is 5.92. The average Bonchev–Trinajstić information content (AvgIpc) is 3.03. The number of cyclic esters (lactones) is 1. The van der Waals surface area contributed by atoms with E-state index in [0.717, 1.165) is 17.0 Å². The molecule has 0 bridgehead atoms. The number of hydrogen-bond donors (Lipinski definition) is 1. The number of hydrogen-bond acceptors (Lipinski definition) is 4. The van der Waals surface area contributed by atoms with E-state index in [4.69, 9.17) is 9.47 Å². The molecule has 0 spiro atoms. The van der Waals surface area contributed by atoms with Crippen LogP contribution in [0.25, 0.3) is 0 Å². The number of fused-ring (bicyclic) bond motifs is 3. The molecular weight excluding hydrogens is 346 g/mol. The van der Waals surface area contributed by atoms with E-state index in [2.05, 4.69) is 5.32 Å². The van der Waals surface area contributed by atoms with Crippen LogP contribution in [0.4, 0.5) is 21.0 Å². The monoisotopic (exact) mass is 367 g/mol. The van der Waals surface area contributed by atoms with Gasteiger partial charge in [-0.15, -0.1) is 0 Å². The third-order valence-electron chi connectivity index (χ3n) is 4.93. The molecule has 2 aromatic rings. The molecule has 1 fully saturated rings. The number of nitrogens with one attached hydrogen (secondary N) is 1. The number of para-hydroxylation sites is 1. The Labute approximate surface area is 157 Å². The molecule has 27 heavy (non-hydrogen) atoms. The first-order chi connectivity index (χ1) is 13.2. The van der Waals surface area contributed by atoms with Crippen LogP contribution in [-0.4, -0.2) is 43.3 Å². The van der Waals surface area contributed by atoms with Gasteiger partial charge in [-0.05, 0) is 42.3 Å². The van der Waals surface area contributed by atoms with Gasteiger partial charge in [-0.3, -0.25) is 4.90 Å². The van der Waals surface area contributed by atoms with Crippen molar-refractivity contribution in [1.82, 2.24) is 4.90 Å². The molecule has 0 radical (unpaired) electrons. The Balaban J connectivity index is 1.55. The van der Waals surface area contributed by atoms with Gasteiger partial charge in [0.05, 0.1) is 18.8 Å². The maximum Gasteiger partial charge on any atom is 0.414 e. The van der Waals surface area contributed by atoms with E-state index in [1.807, 2.05) is 24.3 Å². The number of ether oxygens (including phenoxy) is 2. The molecule has 1 saturated heterocycles. The Bertz CT molecular complexity index is 853. The lowest BCUT2D eigenvalue weighted by molar-refractivity contribution is 0.177. The van der Waals surface area contributed by atoms with Crippen molar-refractivity contribution in [2.45, 2.75) is 19.0 Å². The Kier molecular flexibility index (Phi) is 4.58. The summed E-state index contributed by atoms with van der Waals surface area (Å²) in [6.07, 6.45) is 0.347. The summed E-state index contributed by atoms with van der Waals surface area (Å²) in [4.78, 5) is 28.5. The molecule has 3 amide bonds. The molecule has 140 valence electrons. The topological polar surface area (TPSA) is 71.1 Å². The number of carbonyl (C=O) groups is 2. The lowest BCUT2D eigenvalue weighted by Crippen LogP contribution is -2.43. The third-order valence-corrected chi connectivity index (χ3v) is 4.93. The van der Waals surface area contributed by atoms with Crippen molar-refractivity contribution in [1.29, 1.82) is 0 Å². The molecular formula is C20H21N3O4. The first kappa shape index (κ1) is 17.2. The van der Waals surface area contributed by atoms with Crippen molar-refractivity contribution in [2.75, 3.05) is 30.5 Å². The lowest BCUT2D eigenvalue weighted by atomic mass is 10.1. The highest BCUT2D eigenvalue weighted by Gasteiger charge is 2.37. The molecule has 1 atom stereocenters. The van der Waals surface area contributed by atoms with Crippen LogP contribution in [0.1, 0.15) is 12.0 Å². The van der Waals surface area contributed by atoms with Crippen molar-refractivity contribution in [3.63, 3.8) is 0 Å². The van der Waals surface area contributed by atoms with E-state index < -0.39 is 0 Å². The van der Waals surface area contributed by atoms with E-state index in [9.17, 15) is 9.59 Å². The number of urea groups is 1. The largest absolute Gasteiger partial charge is 0.497 e. The fraction of sp³-hybridized carbons (Fsp3) is 0.300. The van der Waals surface area contributed by atoms with E-state index in [1.54, 1.807) is 41.2 Å². The number of methoxy groups -OCH3 is 1. The molecule has 2 aromatic carbocycles. The fourth-order valence-corrected chi connectivity index (χ4v) is 3.49. The first-order valence-electron chi connectivity index (χ1n) is 8.89. The van der Waals surface area contributed by atoms with E-state index in [-0.39, 0.29) is 18.2 Å². The van der Waals surface area contributed by atoms with Crippen molar-refractivity contribution >= 4 is 23.5 Å². The van der Waals surface area contributed by atoms with Crippen molar-refractivity contribution in [2.24, 2.45) is 0 Å². The minimum absolute atomic E-state index is 0.0600. The molecule has 0 aliphatic carbocycles. The van der Waals surface area contributed by atoms with Crippen LogP contribution >= 0.6 is 0 Å². The first-order valence-corrected chi connectivity index (χ1v) is 8.89. The van der Waals surface area contributed by atoms with Gasteiger partial charge in [0.25, 0.3) is 0 Å². The minimum atomic E-state index is -0.316. The number of nitrogens with zero attached hydrogens (tertiary/aromatic N) is 2. The van der Waals surface area contributed by atoms with Gasteiger partial charge in [0.15, 0.2) is 0 Å². The van der Waals surface area contributed by atoms with E-state index in [1.165, 1.54) is 0 Å². The summed E-state index contributed by atoms with van der Waals surface area (Å²) in [5, 5.41) is 2.93. The zero-order valence-electron chi connectivity index (χ0n) is 15.1. The average molecular weight is 367 g/mol. The van der Waals surface area contributed by atoms with Gasteiger partial charge in [-0.25, -0.2) is 9.59 Å². The second-order valence-electron chi connectivity index (χ2n) is 6.60. The molecule has 0 aromatic heterocycles. The van der Waals surface area contributed by atoms with E-state index >= 15 is 0 Å². The predicted molar refractivity (Wildman–Crippen MR) is 101 cm³/mol. The Hall–Kier alpha value is -3.22. The Morgan fingerprint density at radius 2 is 1.96 bits per heavy atom. The van der Waals surface area contributed by atoms with Crippen LogP contribution in [0, 0.1) is 0 Å². The zero-order chi connectivity index (χ0) is 18.8. The molecule has 7 nitrogen and oxygen atoms in total. The third kappa shape index (κ3) is 3.40. The normalized spacial score (nSPS) is 18.7. The second-order valence-corrected chi connectivity index (χ2v) is 6.60. The van der Waals surface area contributed by atoms with Crippen LogP contribution in [0.3, 0.4) is 0 Å². The molecule has 2 heterocycles. The van der Waals surface area contributed by atoms with Crippen LogP contribution in [0.5, 0.6) is 5.75 Å². The molecule has 0 saturated carbocycles. The molecule has 4 rings (SSSR count). The summed E-state index contributed by atoms with van der Waals surface area (Å²) in [7, 11) is 1.60. The summed E-state index contributed by atoms with van der Waals surface area (Å²) in [5.74, 6) is 0.735. The summed E-state index contributed by atoms with van der Waals surface area (Å²) in [6, 6.07) is 14.6. The van der Waals surface area contributed by atoms with E-state index in [0.29, 0.717) is 31.8 Å². The van der Waals surface area contributed by atoms with Gasteiger partial charge in [0.1, 0.15) is 12.4 Å². The predicted octanol–water partition coefficient (Wildman–Crippen LogP) is 3.46. The van der Waals surface area contributed by atoms with Crippen LogP contribution in [0.15, 0.2) is 48.5 Å². The molecule has 2 aliphatic heterocycles. The summed E-state index contributed by atoms with van der Waals surface area (Å²) in [6.45, 7) is 1.31. The Morgan fingerprint density at radius 3 is 2.74 bits per heavy atom. The number of anilines is 2. The Morgan fingerprint density at radius 1 is 1.19 bits per heavy atom. The van der Waals surface area contributed by atoms with Crippen molar-refractivity contribution in [3.05, 3.63) is 54.1 Å². The highest BCUT2D eigenvalue weighted by Crippen LogP contribution is 2.31.